The molecule has 1 heterocycles. The van der Waals surface area contributed by atoms with Crippen molar-refractivity contribution in [1.82, 2.24) is 10.2 Å². The van der Waals surface area contributed by atoms with Crippen LogP contribution in [0.25, 0.3) is 0 Å². The monoisotopic (exact) mass is 290 g/mol. The van der Waals surface area contributed by atoms with Crippen LogP contribution in [0.4, 0.5) is 4.39 Å². The van der Waals surface area contributed by atoms with E-state index < -0.39 is 0 Å². The van der Waals surface area contributed by atoms with E-state index in [1.807, 2.05) is 19.1 Å². The van der Waals surface area contributed by atoms with Crippen LogP contribution < -0.4 is 5.32 Å². The van der Waals surface area contributed by atoms with Gasteiger partial charge in [0.1, 0.15) is 5.82 Å². The van der Waals surface area contributed by atoms with Gasteiger partial charge in [0.2, 0.25) is 0 Å². The highest BCUT2D eigenvalue weighted by molar-refractivity contribution is 5.29. The second-order valence-electron chi connectivity index (χ2n) is 5.88. The first-order valence-electron chi connectivity index (χ1n) is 8.04. The molecule has 1 fully saturated rings. The molecule has 1 N–H and O–H groups in total. The topological polar surface area (TPSA) is 15.3 Å². The van der Waals surface area contributed by atoms with E-state index in [0.717, 1.165) is 44.6 Å². The molecular weight excluding hydrogens is 263 g/mol. The highest BCUT2D eigenvalue weighted by atomic mass is 19.1. The lowest BCUT2D eigenvalue weighted by Crippen LogP contribution is -2.45. The summed E-state index contributed by atoms with van der Waals surface area (Å²) in [5, 5.41) is 3.41. The van der Waals surface area contributed by atoms with Crippen molar-refractivity contribution in [3.63, 3.8) is 0 Å². The maximum Gasteiger partial charge on any atom is 0.123 e. The molecule has 1 aliphatic heterocycles. The van der Waals surface area contributed by atoms with Crippen LogP contribution in [0, 0.1) is 12.7 Å². The number of allylic oxidation sites excluding steroid dienone is 1. The molecular formula is C18H27FN2. The second-order valence-corrected chi connectivity index (χ2v) is 5.88. The molecule has 0 saturated carbocycles. The Morgan fingerprint density at radius 3 is 2.76 bits per heavy atom. The van der Waals surface area contributed by atoms with Crippen molar-refractivity contribution in [1.29, 1.82) is 0 Å². The largest absolute Gasteiger partial charge is 0.314 e. The van der Waals surface area contributed by atoms with Crippen molar-refractivity contribution in [2.45, 2.75) is 38.6 Å². The minimum Gasteiger partial charge on any atom is -0.314 e. The van der Waals surface area contributed by atoms with Crippen molar-refractivity contribution in [3.05, 3.63) is 47.8 Å². The van der Waals surface area contributed by atoms with E-state index >= 15 is 0 Å². The van der Waals surface area contributed by atoms with Gasteiger partial charge in [-0.1, -0.05) is 18.6 Å². The molecule has 0 bridgehead atoms. The summed E-state index contributed by atoms with van der Waals surface area (Å²) in [7, 11) is 0. The summed E-state index contributed by atoms with van der Waals surface area (Å²) >= 11 is 0. The fourth-order valence-electron chi connectivity index (χ4n) is 3.17. The third-order valence-corrected chi connectivity index (χ3v) is 4.32. The first kappa shape index (κ1) is 16.2. The fraction of sp³-hybridized carbons (Fsp3) is 0.556. The van der Waals surface area contributed by atoms with Gasteiger partial charge in [0.15, 0.2) is 0 Å². The van der Waals surface area contributed by atoms with Gasteiger partial charge < -0.3 is 5.32 Å². The summed E-state index contributed by atoms with van der Waals surface area (Å²) in [4.78, 5) is 2.55. The fourth-order valence-corrected chi connectivity index (χ4v) is 3.17. The molecule has 0 radical (unpaired) electrons. The van der Waals surface area contributed by atoms with Crippen LogP contribution >= 0.6 is 0 Å². The van der Waals surface area contributed by atoms with Gasteiger partial charge in [0, 0.05) is 32.2 Å². The molecule has 0 unspecified atom stereocenters. The van der Waals surface area contributed by atoms with Crippen LogP contribution in [0.3, 0.4) is 0 Å². The summed E-state index contributed by atoms with van der Waals surface area (Å²) < 4.78 is 13.4. The number of piperazine rings is 1. The summed E-state index contributed by atoms with van der Waals surface area (Å²) in [6, 6.07) is 5.65. The van der Waals surface area contributed by atoms with E-state index in [4.69, 9.17) is 0 Å². The average Bonchev–Trinajstić information content (AvgIpc) is 2.49. The molecule has 2 nitrogen and oxygen atoms in total. The Morgan fingerprint density at radius 1 is 1.33 bits per heavy atom. The normalized spacial score (nSPS) is 17.6. The van der Waals surface area contributed by atoms with Gasteiger partial charge in [-0.25, -0.2) is 4.39 Å². The second kappa shape index (κ2) is 8.30. The zero-order valence-electron chi connectivity index (χ0n) is 13.1. The molecule has 1 aliphatic rings. The van der Waals surface area contributed by atoms with Crippen LogP contribution in [0.15, 0.2) is 30.9 Å². The van der Waals surface area contributed by atoms with Crippen molar-refractivity contribution < 1.29 is 4.39 Å². The molecule has 0 spiro atoms. The summed E-state index contributed by atoms with van der Waals surface area (Å²) in [5.74, 6) is -0.137. The molecule has 0 amide bonds. The number of unbranched alkanes of at least 4 members (excludes halogenated alkanes) is 2. The van der Waals surface area contributed by atoms with Crippen LogP contribution in [0.5, 0.6) is 0 Å². The average molecular weight is 290 g/mol. The molecule has 1 saturated heterocycles. The Hall–Kier alpha value is -1.19. The zero-order chi connectivity index (χ0) is 15.1. The minimum atomic E-state index is -0.137. The number of hydrogen-bond acceptors (Lipinski definition) is 2. The van der Waals surface area contributed by atoms with E-state index in [0.29, 0.717) is 6.04 Å². The highest BCUT2D eigenvalue weighted by Gasteiger charge is 2.23. The van der Waals surface area contributed by atoms with Gasteiger partial charge in [-0.3, -0.25) is 4.90 Å². The van der Waals surface area contributed by atoms with Gasteiger partial charge in [0.05, 0.1) is 0 Å². The quantitative estimate of drug-likeness (QED) is 0.606. The number of halogens is 1. The molecule has 116 valence electrons. The Morgan fingerprint density at radius 2 is 2.10 bits per heavy atom. The molecule has 0 aromatic heterocycles. The third kappa shape index (κ3) is 4.65. The molecule has 2 rings (SSSR count). The zero-order valence-corrected chi connectivity index (χ0v) is 13.1. The van der Waals surface area contributed by atoms with E-state index in [1.165, 1.54) is 18.4 Å². The number of rotatable bonds is 7. The van der Waals surface area contributed by atoms with Crippen LogP contribution in [0.2, 0.25) is 0 Å². The molecule has 1 atom stereocenters. The number of aryl methyl sites for hydroxylation is 1. The predicted molar refractivity (Wildman–Crippen MR) is 87.0 cm³/mol. The molecule has 0 aliphatic carbocycles. The van der Waals surface area contributed by atoms with E-state index in [-0.39, 0.29) is 5.82 Å². The van der Waals surface area contributed by atoms with Crippen molar-refractivity contribution in [2.75, 3.05) is 26.2 Å². The Labute approximate surface area is 128 Å². The summed E-state index contributed by atoms with van der Waals surface area (Å²) in [6.07, 6.45) is 6.59. The lowest BCUT2D eigenvalue weighted by Gasteiger charge is -2.36. The first-order chi connectivity index (χ1) is 10.2. The van der Waals surface area contributed by atoms with Gasteiger partial charge in [-0.15, -0.1) is 6.58 Å². The Balaban J connectivity index is 2.11. The Kier molecular flexibility index (Phi) is 6.40. The van der Waals surface area contributed by atoms with Crippen molar-refractivity contribution >= 4 is 0 Å². The number of hydrogen-bond donors (Lipinski definition) is 1. The van der Waals surface area contributed by atoms with Crippen LogP contribution in [0.1, 0.15) is 42.9 Å². The van der Waals surface area contributed by atoms with Crippen LogP contribution in [-0.4, -0.2) is 31.1 Å². The molecule has 21 heavy (non-hydrogen) atoms. The van der Waals surface area contributed by atoms with Crippen molar-refractivity contribution in [3.8, 4) is 0 Å². The van der Waals surface area contributed by atoms with E-state index in [9.17, 15) is 4.39 Å². The van der Waals surface area contributed by atoms with Gasteiger partial charge in [-0.2, -0.15) is 0 Å². The lowest BCUT2D eigenvalue weighted by molar-refractivity contribution is 0.162. The smallest absolute Gasteiger partial charge is 0.123 e. The Bertz CT molecular complexity index is 453. The SMILES string of the molecule is C=CCCCC[C@@H](c1ccc(F)cc1C)N1CCNCC1. The van der Waals surface area contributed by atoms with Gasteiger partial charge in [0.25, 0.3) is 0 Å². The van der Waals surface area contributed by atoms with E-state index in [1.54, 1.807) is 12.1 Å². The summed E-state index contributed by atoms with van der Waals surface area (Å²) in [5.41, 5.74) is 2.36. The highest BCUT2D eigenvalue weighted by Crippen LogP contribution is 2.29. The predicted octanol–water partition coefficient (Wildman–Crippen LogP) is 3.83. The summed E-state index contributed by atoms with van der Waals surface area (Å²) in [6.45, 7) is 10.0. The maximum atomic E-state index is 13.4. The number of nitrogens with zero attached hydrogens (tertiary/aromatic N) is 1. The first-order valence-corrected chi connectivity index (χ1v) is 8.04. The lowest BCUT2D eigenvalue weighted by atomic mass is 9.94. The van der Waals surface area contributed by atoms with E-state index in [2.05, 4.69) is 16.8 Å². The van der Waals surface area contributed by atoms with Crippen molar-refractivity contribution in [2.24, 2.45) is 0 Å². The van der Waals surface area contributed by atoms with Gasteiger partial charge >= 0.3 is 0 Å². The standard InChI is InChI=1S/C18H27FN2/c1-3-4-5-6-7-18(21-12-10-20-11-13-21)17-9-8-16(19)14-15(17)2/h3,8-9,14,18,20H,1,4-7,10-13H2,2H3/t18-/m0/s1. The number of nitrogens with one attached hydrogen (secondary N) is 1. The third-order valence-electron chi connectivity index (χ3n) is 4.32. The maximum absolute atomic E-state index is 13.4. The minimum absolute atomic E-state index is 0.137. The van der Waals surface area contributed by atoms with Gasteiger partial charge in [-0.05, 0) is 49.4 Å². The molecule has 1 aromatic rings. The molecule has 1 aromatic carbocycles. The molecule has 3 heteroatoms. The van der Waals surface area contributed by atoms with Crippen LogP contribution in [-0.2, 0) is 0 Å². The number of benzene rings is 1.